The molecule has 0 aromatic rings. The fourth-order valence-electron chi connectivity index (χ4n) is 7.57. The van der Waals surface area contributed by atoms with Crippen molar-refractivity contribution in [1.29, 1.82) is 0 Å². The molecular formula is C61H108N2O6P+. The first-order chi connectivity index (χ1) is 34.0. The summed E-state index contributed by atoms with van der Waals surface area (Å²) in [5, 5.41) is 13.9. The van der Waals surface area contributed by atoms with Crippen LogP contribution in [0.15, 0.2) is 109 Å². The van der Waals surface area contributed by atoms with E-state index in [0.29, 0.717) is 17.4 Å². The largest absolute Gasteiger partial charge is 0.472 e. The molecule has 1 amide bonds. The maximum absolute atomic E-state index is 13.0. The monoisotopic (exact) mass is 996 g/mol. The van der Waals surface area contributed by atoms with E-state index in [1.807, 2.05) is 27.2 Å². The quantitative estimate of drug-likeness (QED) is 0.0243. The van der Waals surface area contributed by atoms with E-state index < -0.39 is 20.0 Å². The topological polar surface area (TPSA) is 105 Å². The number of nitrogens with zero attached hydrogens (tertiary/aromatic N) is 1. The Balaban J connectivity index is 4.37. The second-order valence-corrected chi connectivity index (χ2v) is 21.4. The van der Waals surface area contributed by atoms with Gasteiger partial charge in [-0.05, 0) is 89.9 Å². The van der Waals surface area contributed by atoms with E-state index in [0.717, 1.165) is 103 Å². The molecule has 0 spiro atoms. The van der Waals surface area contributed by atoms with Gasteiger partial charge in [0.2, 0.25) is 5.91 Å². The molecule has 0 fully saturated rings. The Morgan fingerprint density at radius 1 is 0.500 bits per heavy atom. The number of amides is 1. The third kappa shape index (κ3) is 53.0. The van der Waals surface area contributed by atoms with Crippen molar-refractivity contribution in [2.45, 2.75) is 231 Å². The average molecular weight is 997 g/mol. The Bertz CT molecular complexity index is 1500. The first-order valence-electron chi connectivity index (χ1n) is 28.3. The molecule has 0 aliphatic carbocycles. The molecule has 0 aliphatic heterocycles. The standard InChI is InChI=1S/C61H107N2O6P/c1-6-8-10-12-14-16-18-20-22-24-26-28-29-30-31-32-33-35-37-39-41-43-45-47-49-51-53-55-61(65)62-59(58-69-70(66,67)68-57-56-63(3,4)5)60(64)54-52-50-48-46-44-42-40-38-36-34-27-25-23-21-19-17-15-13-11-9-7-2/h8,10,14,16,20,22,26,28,30-31,33,35,39,41,44,46,52,54,59-60,64H,6-7,9,11-13,15,17-19,21,23-25,27,29,32,34,36-38,40,42-43,45,47-51,53,55-58H2,1-5H3,(H-,62,65,66,67)/p+1/b10-8-,16-14-,22-20-,28-26-,31-30-,35-33-,41-39-,46-44+,54-52+. The summed E-state index contributed by atoms with van der Waals surface area (Å²) < 4.78 is 23.7. The first kappa shape index (κ1) is 67.2. The molecule has 9 heteroatoms. The van der Waals surface area contributed by atoms with Crippen LogP contribution in [0.2, 0.25) is 0 Å². The molecule has 0 rings (SSSR count). The predicted molar refractivity (Wildman–Crippen MR) is 304 cm³/mol. The zero-order valence-corrected chi connectivity index (χ0v) is 46.6. The lowest BCUT2D eigenvalue weighted by Gasteiger charge is -2.25. The molecule has 0 aliphatic rings. The summed E-state index contributed by atoms with van der Waals surface area (Å²) in [6, 6.07) is -0.883. The number of nitrogens with one attached hydrogen (secondary N) is 1. The van der Waals surface area contributed by atoms with Crippen molar-refractivity contribution < 1.29 is 32.9 Å². The van der Waals surface area contributed by atoms with E-state index in [2.05, 4.69) is 116 Å². The van der Waals surface area contributed by atoms with Gasteiger partial charge >= 0.3 is 7.82 Å². The van der Waals surface area contributed by atoms with Crippen molar-refractivity contribution in [1.82, 2.24) is 5.32 Å². The van der Waals surface area contributed by atoms with Crippen LogP contribution in [0, 0.1) is 0 Å². The Kier molecular flexibility index (Phi) is 49.0. The number of aliphatic hydroxyl groups is 1. The average Bonchev–Trinajstić information content (AvgIpc) is 3.32. The van der Waals surface area contributed by atoms with E-state index in [1.54, 1.807) is 6.08 Å². The summed E-state index contributed by atoms with van der Waals surface area (Å²) in [6.45, 7) is 4.66. The molecule has 3 atom stereocenters. The number of phosphoric ester groups is 1. The van der Waals surface area contributed by atoms with E-state index in [9.17, 15) is 19.4 Å². The van der Waals surface area contributed by atoms with E-state index in [1.165, 1.54) is 96.3 Å². The molecule has 0 aromatic carbocycles. The zero-order chi connectivity index (χ0) is 51.3. The number of hydrogen-bond acceptors (Lipinski definition) is 5. The molecule has 0 aromatic heterocycles. The molecule has 0 bridgehead atoms. The molecule has 0 radical (unpaired) electrons. The highest BCUT2D eigenvalue weighted by Gasteiger charge is 2.27. The molecule has 0 heterocycles. The zero-order valence-electron chi connectivity index (χ0n) is 45.7. The second-order valence-electron chi connectivity index (χ2n) is 19.9. The van der Waals surface area contributed by atoms with Crippen molar-refractivity contribution in [3.8, 4) is 0 Å². The highest BCUT2D eigenvalue weighted by molar-refractivity contribution is 7.47. The Hall–Kier alpha value is -2.84. The number of phosphoric acid groups is 1. The Morgan fingerprint density at radius 3 is 1.31 bits per heavy atom. The highest BCUT2D eigenvalue weighted by Crippen LogP contribution is 2.43. The number of hydrogen-bond donors (Lipinski definition) is 3. The minimum absolute atomic E-state index is 0.0460. The molecule has 0 saturated carbocycles. The number of carbonyl (C=O) groups is 1. The fraction of sp³-hybridized carbons (Fsp3) is 0.689. The summed E-state index contributed by atoms with van der Waals surface area (Å²) in [4.78, 5) is 23.3. The molecule has 3 N–H and O–H groups in total. The number of unbranched alkanes of at least 4 members (excludes halogenated alkanes) is 21. The van der Waals surface area contributed by atoms with Crippen molar-refractivity contribution in [3.05, 3.63) is 109 Å². The van der Waals surface area contributed by atoms with Gasteiger partial charge in [-0.25, -0.2) is 4.57 Å². The fourth-order valence-corrected chi connectivity index (χ4v) is 8.30. The van der Waals surface area contributed by atoms with Crippen LogP contribution in [-0.2, 0) is 18.4 Å². The molecule has 402 valence electrons. The number of likely N-dealkylation sites (N-methyl/N-ethyl adjacent to an activating group) is 1. The van der Waals surface area contributed by atoms with Gasteiger partial charge in [0.25, 0.3) is 0 Å². The molecular weight excluding hydrogens is 888 g/mol. The molecule has 8 nitrogen and oxygen atoms in total. The third-order valence-electron chi connectivity index (χ3n) is 12.0. The van der Waals surface area contributed by atoms with E-state index in [-0.39, 0.29) is 19.1 Å². The normalized spacial score (nSPS) is 14.8. The van der Waals surface area contributed by atoms with Gasteiger partial charge in [0.1, 0.15) is 13.2 Å². The summed E-state index contributed by atoms with van der Waals surface area (Å²) in [6.07, 6.45) is 74.7. The van der Waals surface area contributed by atoms with Gasteiger partial charge in [0.05, 0.1) is 39.9 Å². The van der Waals surface area contributed by atoms with Crippen LogP contribution in [0.4, 0.5) is 0 Å². The van der Waals surface area contributed by atoms with Crippen LogP contribution in [-0.4, -0.2) is 73.4 Å². The predicted octanol–water partition coefficient (Wildman–Crippen LogP) is 17.2. The van der Waals surface area contributed by atoms with Gasteiger partial charge in [0, 0.05) is 6.42 Å². The maximum Gasteiger partial charge on any atom is 0.472 e. The second kappa shape index (κ2) is 51.1. The number of allylic oxidation sites excluding steroid dienone is 17. The van der Waals surface area contributed by atoms with Gasteiger partial charge in [-0.15, -0.1) is 0 Å². The van der Waals surface area contributed by atoms with Crippen LogP contribution in [0.5, 0.6) is 0 Å². The summed E-state index contributed by atoms with van der Waals surface area (Å²) in [5.41, 5.74) is 0. The first-order valence-corrected chi connectivity index (χ1v) is 29.8. The SMILES string of the molecule is CC/C=C\C/C=C\C/C=C\C/C=C\C/C=C\C/C=C\C/C=C\CCCCCCCC(=O)NC(COP(=O)(O)OCC[N+](C)(C)C)C(O)/C=C/CC/C=C/CCCCCCCCCCCCCCCCC. The van der Waals surface area contributed by atoms with Crippen molar-refractivity contribution >= 4 is 13.7 Å². The number of carbonyl (C=O) groups excluding carboxylic acids is 1. The summed E-state index contributed by atoms with van der Waals surface area (Å²) in [7, 11) is 1.52. The Labute approximate surface area is 431 Å². The van der Waals surface area contributed by atoms with Crippen molar-refractivity contribution in [2.75, 3.05) is 40.9 Å². The minimum atomic E-state index is -4.37. The van der Waals surface area contributed by atoms with E-state index >= 15 is 0 Å². The number of rotatable bonds is 50. The summed E-state index contributed by atoms with van der Waals surface area (Å²) >= 11 is 0. The van der Waals surface area contributed by atoms with Crippen LogP contribution < -0.4 is 5.32 Å². The van der Waals surface area contributed by atoms with Crippen LogP contribution in [0.1, 0.15) is 219 Å². The maximum atomic E-state index is 13.0. The van der Waals surface area contributed by atoms with Crippen LogP contribution in [0.25, 0.3) is 0 Å². The lowest BCUT2D eigenvalue weighted by molar-refractivity contribution is -0.870. The highest BCUT2D eigenvalue weighted by atomic mass is 31.2. The van der Waals surface area contributed by atoms with Gasteiger partial charge < -0.3 is 19.8 Å². The van der Waals surface area contributed by atoms with Gasteiger partial charge in [-0.1, -0.05) is 232 Å². The van der Waals surface area contributed by atoms with Crippen LogP contribution in [0.3, 0.4) is 0 Å². The Morgan fingerprint density at radius 2 is 0.871 bits per heavy atom. The van der Waals surface area contributed by atoms with Gasteiger partial charge in [-0.2, -0.15) is 0 Å². The number of quaternary nitrogens is 1. The van der Waals surface area contributed by atoms with Crippen molar-refractivity contribution in [3.63, 3.8) is 0 Å². The summed E-state index contributed by atoms with van der Waals surface area (Å²) in [5.74, 6) is -0.209. The van der Waals surface area contributed by atoms with Gasteiger partial charge in [-0.3, -0.25) is 13.8 Å². The third-order valence-corrected chi connectivity index (χ3v) is 13.0. The minimum Gasteiger partial charge on any atom is -0.387 e. The smallest absolute Gasteiger partial charge is 0.387 e. The molecule has 0 saturated heterocycles. The molecule has 3 unspecified atom stereocenters. The van der Waals surface area contributed by atoms with Crippen molar-refractivity contribution in [2.24, 2.45) is 0 Å². The lowest BCUT2D eigenvalue weighted by Crippen LogP contribution is -2.45. The van der Waals surface area contributed by atoms with Gasteiger partial charge in [0.15, 0.2) is 0 Å². The van der Waals surface area contributed by atoms with E-state index in [4.69, 9.17) is 9.05 Å². The molecule has 70 heavy (non-hydrogen) atoms. The van der Waals surface area contributed by atoms with Crippen LogP contribution >= 0.6 is 7.82 Å². The lowest BCUT2D eigenvalue weighted by atomic mass is 10.0. The number of aliphatic hydroxyl groups excluding tert-OH is 1.